The molecule has 2 aromatic carbocycles. The summed E-state index contributed by atoms with van der Waals surface area (Å²) >= 11 is 3.37. The molecule has 0 bridgehead atoms. The maximum absolute atomic E-state index is 13.0. The van der Waals surface area contributed by atoms with Crippen molar-refractivity contribution in [2.45, 2.75) is 5.16 Å². The molecule has 0 spiro atoms. The van der Waals surface area contributed by atoms with Crippen LogP contribution in [0.1, 0.15) is 0 Å². The van der Waals surface area contributed by atoms with Crippen LogP contribution in [0.4, 0.5) is 10.1 Å². The van der Waals surface area contributed by atoms with E-state index in [-0.39, 0.29) is 17.5 Å². The maximum atomic E-state index is 13.0. The van der Waals surface area contributed by atoms with Crippen molar-refractivity contribution in [3.8, 4) is 11.4 Å². The van der Waals surface area contributed by atoms with Crippen LogP contribution in [-0.4, -0.2) is 26.5 Å². The molecule has 1 heterocycles. The molecule has 0 aliphatic rings. The van der Waals surface area contributed by atoms with Crippen molar-refractivity contribution in [1.29, 1.82) is 0 Å². The number of nitrogens with two attached hydrogens (primary N) is 1. The molecule has 25 heavy (non-hydrogen) atoms. The fraction of sp³-hybridized carbons (Fsp3) is 0.0625. The second-order valence-corrected chi connectivity index (χ2v) is 7.21. The molecule has 0 fully saturated rings. The first-order valence-corrected chi connectivity index (χ1v) is 9.24. The van der Waals surface area contributed by atoms with Crippen LogP contribution in [0, 0.1) is 9.39 Å². The van der Waals surface area contributed by atoms with Crippen LogP contribution < -0.4 is 11.2 Å². The fourth-order valence-electron chi connectivity index (χ4n) is 2.03. The zero-order valence-electron chi connectivity index (χ0n) is 12.8. The maximum Gasteiger partial charge on any atom is 0.234 e. The molecule has 6 nitrogen and oxygen atoms in total. The molecule has 0 radical (unpaired) electrons. The summed E-state index contributed by atoms with van der Waals surface area (Å²) in [5.41, 5.74) is 1.37. The highest BCUT2D eigenvalue weighted by Crippen LogP contribution is 2.22. The molecule has 9 heteroatoms. The van der Waals surface area contributed by atoms with Crippen molar-refractivity contribution in [1.82, 2.24) is 14.9 Å². The molecule has 128 valence electrons. The Morgan fingerprint density at radius 2 is 1.84 bits per heavy atom. The number of amides is 1. The van der Waals surface area contributed by atoms with Gasteiger partial charge in [-0.25, -0.2) is 9.07 Å². The van der Waals surface area contributed by atoms with Gasteiger partial charge in [-0.05, 0) is 71.1 Å². The third kappa shape index (κ3) is 4.48. The number of halogens is 2. The Hall–Kier alpha value is -2.14. The predicted molar refractivity (Wildman–Crippen MR) is 104 cm³/mol. The molecule has 3 N–H and O–H groups in total. The highest BCUT2D eigenvalue weighted by Gasteiger charge is 2.14. The first kappa shape index (κ1) is 17.7. The summed E-state index contributed by atoms with van der Waals surface area (Å²) in [6, 6.07) is 13.3. The van der Waals surface area contributed by atoms with Gasteiger partial charge in [-0.15, -0.1) is 10.2 Å². The van der Waals surface area contributed by atoms with E-state index in [1.165, 1.54) is 28.6 Å². The molecule has 3 aromatic rings. The lowest BCUT2D eigenvalue weighted by Gasteiger charge is -2.05. The van der Waals surface area contributed by atoms with Crippen LogP contribution >= 0.6 is 34.4 Å². The Labute approximate surface area is 161 Å². The van der Waals surface area contributed by atoms with Crippen LogP contribution in [0.25, 0.3) is 11.4 Å². The van der Waals surface area contributed by atoms with Gasteiger partial charge in [-0.3, -0.25) is 4.79 Å². The number of nitrogens with zero attached hydrogens (tertiary/aromatic N) is 3. The Kier molecular flexibility index (Phi) is 5.53. The molecule has 0 aliphatic carbocycles. The summed E-state index contributed by atoms with van der Waals surface area (Å²) in [5.74, 6) is 6.01. The van der Waals surface area contributed by atoms with Gasteiger partial charge in [0.1, 0.15) is 5.82 Å². The van der Waals surface area contributed by atoms with Gasteiger partial charge < -0.3 is 11.2 Å². The lowest BCUT2D eigenvalue weighted by atomic mass is 10.2. The van der Waals surface area contributed by atoms with Crippen LogP contribution in [-0.2, 0) is 4.79 Å². The Morgan fingerprint density at radius 3 is 2.52 bits per heavy atom. The highest BCUT2D eigenvalue weighted by molar-refractivity contribution is 14.1. The molecule has 3 rings (SSSR count). The van der Waals surface area contributed by atoms with E-state index < -0.39 is 0 Å². The molecule has 0 aliphatic heterocycles. The fourth-order valence-corrected chi connectivity index (χ4v) is 3.05. The summed E-state index contributed by atoms with van der Waals surface area (Å²) in [6.07, 6.45) is 0. The topological polar surface area (TPSA) is 85.8 Å². The van der Waals surface area contributed by atoms with E-state index in [0.29, 0.717) is 16.5 Å². The van der Waals surface area contributed by atoms with Gasteiger partial charge in [-0.2, -0.15) is 0 Å². The SMILES string of the molecule is Nn1c(SCC(=O)Nc2ccc(I)cc2)nnc1-c1ccc(F)cc1. The van der Waals surface area contributed by atoms with E-state index in [2.05, 4.69) is 38.1 Å². The van der Waals surface area contributed by atoms with Gasteiger partial charge in [0.15, 0.2) is 5.82 Å². The molecule has 1 aromatic heterocycles. The van der Waals surface area contributed by atoms with Crippen molar-refractivity contribution in [3.63, 3.8) is 0 Å². The molecule has 0 saturated heterocycles. The minimum Gasteiger partial charge on any atom is -0.335 e. The van der Waals surface area contributed by atoms with Gasteiger partial charge in [0.25, 0.3) is 0 Å². The average molecular weight is 469 g/mol. The van der Waals surface area contributed by atoms with Crippen LogP contribution in [0.3, 0.4) is 0 Å². The molecule has 0 unspecified atom stereocenters. The monoisotopic (exact) mass is 469 g/mol. The normalized spacial score (nSPS) is 10.6. The first-order chi connectivity index (χ1) is 12.0. The molecule has 0 atom stereocenters. The number of carbonyl (C=O) groups is 1. The standard InChI is InChI=1S/C16H13FIN5OS/c17-11-3-1-10(2-4-11)15-21-22-16(23(15)19)25-9-14(24)20-13-7-5-12(18)6-8-13/h1-8H,9,19H2,(H,20,24). The third-order valence-corrected chi connectivity index (χ3v) is 4.89. The summed E-state index contributed by atoms with van der Waals surface area (Å²) < 4.78 is 15.4. The van der Waals surface area contributed by atoms with E-state index >= 15 is 0 Å². The molecule has 1 amide bonds. The van der Waals surface area contributed by atoms with Gasteiger partial charge in [0, 0.05) is 14.8 Å². The number of aromatic nitrogens is 3. The quantitative estimate of drug-likeness (QED) is 0.341. The van der Waals surface area contributed by atoms with Gasteiger partial charge >= 0.3 is 0 Å². The number of carbonyl (C=O) groups excluding carboxylic acids is 1. The lowest BCUT2D eigenvalue weighted by molar-refractivity contribution is -0.113. The van der Waals surface area contributed by atoms with Crippen molar-refractivity contribution in [3.05, 3.63) is 57.9 Å². The van der Waals surface area contributed by atoms with E-state index in [4.69, 9.17) is 5.84 Å². The van der Waals surface area contributed by atoms with Crippen molar-refractivity contribution < 1.29 is 9.18 Å². The molecular formula is C16H13FIN5OS. The zero-order valence-corrected chi connectivity index (χ0v) is 15.8. The zero-order chi connectivity index (χ0) is 17.8. The van der Waals surface area contributed by atoms with Crippen LogP contribution in [0.2, 0.25) is 0 Å². The van der Waals surface area contributed by atoms with E-state index in [1.807, 2.05) is 24.3 Å². The summed E-state index contributed by atoms with van der Waals surface area (Å²) in [6.45, 7) is 0. The minimum absolute atomic E-state index is 0.144. The lowest BCUT2D eigenvalue weighted by Crippen LogP contribution is -2.16. The van der Waals surface area contributed by atoms with Crippen LogP contribution in [0.15, 0.2) is 53.7 Å². The van der Waals surface area contributed by atoms with E-state index in [9.17, 15) is 9.18 Å². The second kappa shape index (κ2) is 7.83. The second-order valence-electron chi connectivity index (χ2n) is 5.03. The van der Waals surface area contributed by atoms with E-state index in [1.54, 1.807) is 12.1 Å². The van der Waals surface area contributed by atoms with Gasteiger partial charge in [0.2, 0.25) is 11.1 Å². The Balaban J connectivity index is 1.62. The number of thioether (sulfide) groups is 1. The molecule has 0 saturated carbocycles. The number of rotatable bonds is 5. The van der Waals surface area contributed by atoms with E-state index in [0.717, 1.165) is 9.26 Å². The number of benzene rings is 2. The minimum atomic E-state index is -0.339. The highest BCUT2D eigenvalue weighted by atomic mass is 127. The molecular weight excluding hydrogens is 456 g/mol. The largest absolute Gasteiger partial charge is 0.335 e. The number of nitrogens with one attached hydrogen (secondary N) is 1. The van der Waals surface area contributed by atoms with Gasteiger partial charge in [-0.1, -0.05) is 11.8 Å². The number of nitrogen functional groups attached to an aromatic ring is 1. The number of hydrogen-bond donors (Lipinski definition) is 2. The van der Waals surface area contributed by atoms with Crippen molar-refractivity contribution in [2.75, 3.05) is 16.9 Å². The van der Waals surface area contributed by atoms with Gasteiger partial charge in [0.05, 0.1) is 5.75 Å². The van der Waals surface area contributed by atoms with Crippen molar-refractivity contribution in [2.24, 2.45) is 0 Å². The summed E-state index contributed by atoms with van der Waals surface area (Å²) in [5, 5.41) is 11.2. The summed E-state index contributed by atoms with van der Waals surface area (Å²) in [4.78, 5) is 12.0. The Bertz CT molecular complexity index is 883. The number of hydrogen-bond acceptors (Lipinski definition) is 5. The summed E-state index contributed by atoms with van der Waals surface area (Å²) in [7, 11) is 0. The predicted octanol–water partition coefficient (Wildman–Crippen LogP) is 3.13. The average Bonchev–Trinajstić information content (AvgIpc) is 2.97. The van der Waals surface area contributed by atoms with Crippen molar-refractivity contribution >= 4 is 45.9 Å². The first-order valence-electron chi connectivity index (χ1n) is 7.17. The smallest absolute Gasteiger partial charge is 0.234 e. The number of anilines is 1. The Morgan fingerprint density at radius 1 is 1.16 bits per heavy atom. The van der Waals surface area contributed by atoms with Crippen LogP contribution in [0.5, 0.6) is 0 Å². The third-order valence-electron chi connectivity index (χ3n) is 3.23.